The van der Waals surface area contributed by atoms with Crippen LogP contribution in [0.3, 0.4) is 0 Å². The number of carbonyl (C=O) groups is 1. The number of aromatic nitrogens is 4. The minimum absolute atomic E-state index is 0.116. The Hall–Kier alpha value is -4.21. The number of nitrogens with one attached hydrogen (secondary N) is 3. The monoisotopic (exact) mass is 434 g/mol. The van der Waals surface area contributed by atoms with Gasteiger partial charge in [0.15, 0.2) is 5.82 Å². The van der Waals surface area contributed by atoms with Crippen LogP contribution >= 0.6 is 0 Å². The van der Waals surface area contributed by atoms with E-state index in [0.717, 1.165) is 5.39 Å². The Kier molecular flexibility index (Phi) is 6.40. The molecule has 0 spiro atoms. The van der Waals surface area contributed by atoms with E-state index in [2.05, 4.69) is 31.0 Å². The lowest BCUT2D eigenvalue weighted by Gasteiger charge is -2.08. The second-order valence-electron chi connectivity index (χ2n) is 7.14. The lowest BCUT2D eigenvalue weighted by Crippen LogP contribution is -2.26. The number of phenolic OH excluding ortho intramolecular Hbond substituents is 1. The maximum absolute atomic E-state index is 12.1. The third-order valence-electron chi connectivity index (χ3n) is 4.80. The highest BCUT2D eigenvalue weighted by atomic mass is 16.5. The van der Waals surface area contributed by atoms with Crippen LogP contribution in [-0.2, 0) is 11.2 Å². The maximum Gasteiger partial charge on any atom is 0.272 e. The summed E-state index contributed by atoms with van der Waals surface area (Å²) in [5.41, 5.74) is 0.412. The number of aryl methyl sites for hydroxylation is 1. The van der Waals surface area contributed by atoms with Gasteiger partial charge >= 0.3 is 0 Å². The van der Waals surface area contributed by atoms with Gasteiger partial charge in [-0.1, -0.05) is 35.5 Å². The van der Waals surface area contributed by atoms with E-state index < -0.39 is 0 Å². The van der Waals surface area contributed by atoms with E-state index in [-0.39, 0.29) is 23.6 Å². The van der Waals surface area contributed by atoms with Crippen molar-refractivity contribution in [2.24, 2.45) is 0 Å². The summed E-state index contributed by atoms with van der Waals surface area (Å²) in [5.74, 6) is 1.33. The molecule has 10 heteroatoms. The third-order valence-corrected chi connectivity index (χ3v) is 4.80. The molecule has 32 heavy (non-hydrogen) atoms. The zero-order chi connectivity index (χ0) is 22.3. The molecule has 4 rings (SSSR count). The molecule has 10 nitrogen and oxygen atoms in total. The van der Waals surface area contributed by atoms with E-state index >= 15 is 0 Å². The number of rotatable bonds is 9. The Bertz CT molecular complexity index is 1280. The summed E-state index contributed by atoms with van der Waals surface area (Å²) < 4.78 is 5.18. The van der Waals surface area contributed by atoms with Crippen LogP contribution in [0, 0.1) is 0 Å². The average molecular weight is 434 g/mol. The Morgan fingerprint density at radius 3 is 2.78 bits per heavy atom. The van der Waals surface area contributed by atoms with Crippen LogP contribution in [0.2, 0.25) is 0 Å². The van der Waals surface area contributed by atoms with Crippen LogP contribution < -0.4 is 16.2 Å². The lowest BCUT2D eigenvalue weighted by molar-refractivity contribution is -0.121. The number of benzene rings is 2. The van der Waals surface area contributed by atoms with E-state index in [9.17, 15) is 14.7 Å². The first-order chi connectivity index (χ1) is 15.6. The second kappa shape index (κ2) is 9.73. The van der Waals surface area contributed by atoms with Crippen molar-refractivity contribution >= 4 is 22.5 Å². The number of nitrogens with zero attached hydrogens (tertiary/aromatic N) is 3. The summed E-state index contributed by atoms with van der Waals surface area (Å²) in [4.78, 5) is 28.1. The molecule has 2 aromatic carbocycles. The molecule has 164 valence electrons. The second-order valence-corrected chi connectivity index (χ2v) is 7.14. The van der Waals surface area contributed by atoms with Crippen LogP contribution in [0.5, 0.6) is 5.75 Å². The number of amides is 1. The summed E-state index contributed by atoms with van der Waals surface area (Å²) in [6.07, 6.45) is 1.23. The van der Waals surface area contributed by atoms with Crippen molar-refractivity contribution in [3.63, 3.8) is 0 Å². The van der Waals surface area contributed by atoms with Gasteiger partial charge in [-0.3, -0.25) is 9.59 Å². The first-order valence-electron chi connectivity index (χ1n) is 10.2. The van der Waals surface area contributed by atoms with Crippen LogP contribution in [0.25, 0.3) is 22.2 Å². The Balaban J connectivity index is 1.19. The third kappa shape index (κ3) is 5.09. The van der Waals surface area contributed by atoms with E-state index in [4.69, 9.17) is 4.52 Å². The summed E-state index contributed by atoms with van der Waals surface area (Å²) in [7, 11) is 0. The van der Waals surface area contributed by atoms with Gasteiger partial charge in [0.2, 0.25) is 17.6 Å². The molecule has 0 radical (unpaired) electrons. The molecular weight excluding hydrogens is 412 g/mol. The molecule has 0 saturated carbocycles. The molecule has 4 aromatic rings. The molecule has 0 bridgehead atoms. The molecule has 2 aromatic heterocycles. The quantitative estimate of drug-likeness (QED) is 0.293. The number of aromatic amines is 1. The fourth-order valence-electron chi connectivity index (χ4n) is 3.20. The summed E-state index contributed by atoms with van der Waals surface area (Å²) in [5, 5.41) is 27.3. The zero-order valence-corrected chi connectivity index (χ0v) is 17.2. The summed E-state index contributed by atoms with van der Waals surface area (Å²) in [6, 6.07) is 13.8. The van der Waals surface area contributed by atoms with Crippen LogP contribution in [0.15, 0.2) is 57.8 Å². The van der Waals surface area contributed by atoms with E-state index in [0.29, 0.717) is 54.4 Å². The highest BCUT2D eigenvalue weighted by Crippen LogP contribution is 2.20. The highest BCUT2D eigenvalue weighted by molar-refractivity contribution is 5.90. The molecule has 0 atom stereocenters. The molecule has 0 saturated heterocycles. The van der Waals surface area contributed by atoms with Gasteiger partial charge in [-0.05, 0) is 24.6 Å². The number of hydrogen-bond acceptors (Lipinski definition) is 8. The topological polar surface area (TPSA) is 146 Å². The molecule has 0 fully saturated rings. The first-order valence-corrected chi connectivity index (χ1v) is 10.2. The summed E-state index contributed by atoms with van der Waals surface area (Å²) >= 11 is 0. The van der Waals surface area contributed by atoms with Crippen LogP contribution in [0.4, 0.5) is 5.82 Å². The molecule has 0 aliphatic carbocycles. The fraction of sp³-hybridized carbons (Fsp3) is 0.227. The molecule has 1 amide bonds. The van der Waals surface area contributed by atoms with Gasteiger partial charge in [0.25, 0.3) is 5.56 Å². The highest BCUT2D eigenvalue weighted by Gasteiger charge is 2.11. The Labute approximate surface area is 182 Å². The Morgan fingerprint density at radius 1 is 1.09 bits per heavy atom. The summed E-state index contributed by atoms with van der Waals surface area (Å²) in [6.45, 7) is 1.08. The largest absolute Gasteiger partial charge is 0.508 e. The predicted octanol–water partition coefficient (Wildman–Crippen LogP) is 2.23. The van der Waals surface area contributed by atoms with Crippen molar-refractivity contribution in [3.8, 4) is 17.1 Å². The van der Waals surface area contributed by atoms with E-state index in [1.165, 1.54) is 0 Å². The van der Waals surface area contributed by atoms with E-state index in [1.54, 1.807) is 36.4 Å². The minimum Gasteiger partial charge on any atom is -0.508 e. The van der Waals surface area contributed by atoms with Gasteiger partial charge in [0.1, 0.15) is 5.75 Å². The van der Waals surface area contributed by atoms with Crippen LogP contribution in [-0.4, -0.2) is 44.4 Å². The SMILES string of the molecule is O=C(CCc1nc(-c2cccc(O)c2)no1)NCCCNc1n[nH]c(=O)c2ccccc12. The van der Waals surface area contributed by atoms with Gasteiger partial charge in [0, 0.05) is 36.9 Å². The van der Waals surface area contributed by atoms with Gasteiger partial charge in [0.05, 0.1) is 5.39 Å². The number of fused-ring (bicyclic) bond motifs is 1. The molecular formula is C22H22N6O4. The van der Waals surface area contributed by atoms with Crippen molar-refractivity contribution in [2.75, 3.05) is 18.4 Å². The first kappa shape index (κ1) is 21.0. The number of phenols is 1. The predicted molar refractivity (Wildman–Crippen MR) is 118 cm³/mol. The number of hydrogen-bond donors (Lipinski definition) is 4. The van der Waals surface area contributed by atoms with Crippen molar-refractivity contribution < 1.29 is 14.4 Å². The molecule has 0 aliphatic rings. The standard InChI is InChI=1S/C22H22N6O4/c29-15-6-3-5-14(13-15)20-25-19(32-28-20)10-9-18(30)23-11-4-12-24-21-16-7-1-2-8-17(16)22(31)27-26-21/h1-3,5-8,13,29H,4,9-12H2,(H,23,30)(H,24,26)(H,27,31). The van der Waals surface area contributed by atoms with Crippen molar-refractivity contribution in [3.05, 3.63) is 64.8 Å². The van der Waals surface area contributed by atoms with E-state index in [1.807, 2.05) is 12.1 Å². The van der Waals surface area contributed by atoms with Gasteiger partial charge < -0.3 is 20.3 Å². The molecule has 0 unspecified atom stereocenters. The van der Waals surface area contributed by atoms with Gasteiger partial charge in [-0.2, -0.15) is 10.1 Å². The van der Waals surface area contributed by atoms with Gasteiger partial charge in [-0.15, -0.1) is 0 Å². The number of H-pyrrole nitrogens is 1. The zero-order valence-electron chi connectivity index (χ0n) is 17.2. The minimum atomic E-state index is -0.228. The van der Waals surface area contributed by atoms with Crippen molar-refractivity contribution in [1.82, 2.24) is 25.7 Å². The number of carbonyl (C=O) groups excluding carboxylic acids is 1. The normalized spacial score (nSPS) is 10.9. The lowest BCUT2D eigenvalue weighted by atomic mass is 10.2. The maximum atomic E-state index is 12.1. The molecule has 0 aliphatic heterocycles. The molecule has 4 N–H and O–H groups in total. The number of aromatic hydroxyl groups is 1. The van der Waals surface area contributed by atoms with Crippen molar-refractivity contribution in [1.29, 1.82) is 0 Å². The van der Waals surface area contributed by atoms with Crippen LogP contribution in [0.1, 0.15) is 18.7 Å². The Morgan fingerprint density at radius 2 is 1.94 bits per heavy atom. The number of anilines is 1. The fourth-order valence-corrected chi connectivity index (χ4v) is 3.20. The van der Waals surface area contributed by atoms with Crippen molar-refractivity contribution in [2.45, 2.75) is 19.3 Å². The average Bonchev–Trinajstić information content (AvgIpc) is 3.28. The smallest absolute Gasteiger partial charge is 0.272 e. The molecule has 2 heterocycles. The van der Waals surface area contributed by atoms with Gasteiger partial charge in [-0.25, -0.2) is 5.10 Å².